The standard InChI is InChI=1S/C8H5BrF3NO/c9-6-4(10)1-2-5-7(6)14-8(11,12)3-13-5/h1-2,13H,3H2. The zero-order valence-corrected chi connectivity index (χ0v) is 8.37. The van der Waals surface area contributed by atoms with E-state index in [1.807, 2.05) is 0 Å². The summed E-state index contributed by atoms with van der Waals surface area (Å²) in [5.74, 6) is -0.829. The highest BCUT2D eigenvalue weighted by Gasteiger charge is 2.37. The van der Waals surface area contributed by atoms with E-state index >= 15 is 0 Å². The minimum Gasteiger partial charge on any atom is -0.428 e. The fourth-order valence-corrected chi connectivity index (χ4v) is 1.58. The van der Waals surface area contributed by atoms with Gasteiger partial charge in [0, 0.05) is 0 Å². The average molecular weight is 268 g/mol. The summed E-state index contributed by atoms with van der Waals surface area (Å²) in [6.07, 6.45) is -3.30. The largest absolute Gasteiger partial charge is 0.428 e. The van der Waals surface area contributed by atoms with E-state index in [9.17, 15) is 13.2 Å². The molecule has 1 aliphatic rings. The fraction of sp³-hybridized carbons (Fsp3) is 0.250. The van der Waals surface area contributed by atoms with Gasteiger partial charge in [-0.2, -0.15) is 8.78 Å². The molecule has 0 amide bonds. The minimum absolute atomic E-state index is 0.0955. The van der Waals surface area contributed by atoms with E-state index in [-0.39, 0.29) is 10.2 Å². The van der Waals surface area contributed by atoms with Crippen LogP contribution in [-0.4, -0.2) is 12.7 Å². The Balaban J connectivity index is 2.49. The van der Waals surface area contributed by atoms with Gasteiger partial charge >= 0.3 is 6.11 Å². The van der Waals surface area contributed by atoms with Crippen LogP contribution in [0.5, 0.6) is 5.75 Å². The topological polar surface area (TPSA) is 21.3 Å². The molecule has 0 fully saturated rings. The molecule has 0 unspecified atom stereocenters. The van der Waals surface area contributed by atoms with Gasteiger partial charge in [-0.25, -0.2) is 4.39 Å². The van der Waals surface area contributed by atoms with Crippen molar-refractivity contribution in [3.63, 3.8) is 0 Å². The van der Waals surface area contributed by atoms with Crippen molar-refractivity contribution >= 4 is 21.6 Å². The quantitative estimate of drug-likeness (QED) is 0.781. The third-order valence-corrected chi connectivity index (χ3v) is 2.52. The second-order valence-electron chi connectivity index (χ2n) is 2.83. The predicted molar refractivity (Wildman–Crippen MR) is 48.2 cm³/mol. The first kappa shape index (κ1) is 9.64. The van der Waals surface area contributed by atoms with Crippen LogP contribution in [0.1, 0.15) is 0 Å². The van der Waals surface area contributed by atoms with Gasteiger partial charge in [0.25, 0.3) is 0 Å². The maximum absolute atomic E-state index is 13.0. The SMILES string of the molecule is Fc1ccc2c(c1Br)OC(F)(F)CN2. The Morgan fingerprint density at radius 1 is 1.43 bits per heavy atom. The summed E-state index contributed by atoms with van der Waals surface area (Å²) < 4.78 is 42.7. The first-order valence-corrected chi connectivity index (χ1v) is 4.57. The molecule has 2 nitrogen and oxygen atoms in total. The number of alkyl halides is 2. The number of ether oxygens (including phenoxy) is 1. The van der Waals surface area contributed by atoms with E-state index in [0.29, 0.717) is 5.69 Å². The third-order valence-electron chi connectivity index (χ3n) is 1.79. The number of benzene rings is 1. The summed E-state index contributed by atoms with van der Waals surface area (Å²) in [7, 11) is 0. The van der Waals surface area contributed by atoms with Crippen molar-refractivity contribution in [1.82, 2.24) is 0 Å². The predicted octanol–water partition coefficient (Wildman–Crippen LogP) is 2.99. The Hall–Kier alpha value is -0.910. The van der Waals surface area contributed by atoms with Gasteiger partial charge in [0.2, 0.25) is 0 Å². The number of nitrogens with one attached hydrogen (secondary N) is 1. The van der Waals surface area contributed by atoms with Gasteiger partial charge < -0.3 is 10.1 Å². The van der Waals surface area contributed by atoms with E-state index in [4.69, 9.17) is 0 Å². The van der Waals surface area contributed by atoms with Crippen molar-refractivity contribution in [3.05, 3.63) is 22.4 Å². The Bertz CT molecular complexity index is 383. The lowest BCUT2D eigenvalue weighted by Gasteiger charge is -2.27. The lowest BCUT2D eigenvalue weighted by Crippen LogP contribution is -2.37. The molecule has 1 N–H and O–H groups in total. The summed E-state index contributed by atoms with van der Waals surface area (Å²) in [5, 5.41) is 2.45. The normalized spacial score (nSPS) is 18.0. The molecule has 0 atom stereocenters. The van der Waals surface area contributed by atoms with Crippen LogP contribution in [0.2, 0.25) is 0 Å². The first-order valence-electron chi connectivity index (χ1n) is 3.78. The molecule has 0 aliphatic carbocycles. The first-order chi connectivity index (χ1) is 6.49. The van der Waals surface area contributed by atoms with Crippen LogP contribution in [0, 0.1) is 5.82 Å². The third kappa shape index (κ3) is 1.54. The van der Waals surface area contributed by atoms with Crippen molar-refractivity contribution in [2.75, 3.05) is 11.9 Å². The molecule has 1 aliphatic heterocycles. The summed E-state index contributed by atoms with van der Waals surface area (Å²) in [5.41, 5.74) is 0.351. The van der Waals surface area contributed by atoms with E-state index < -0.39 is 18.5 Å². The molecule has 0 radical (unpaired) electrons. The Morgan fingerprint density at radius 3 is 2.86 bits per heavy atom. The second-order valence-corrected chi connectivity index (χ2v) is 3.62. The van der Waals surface area contributed by atoms with Gasteiger partial charge in [-0.3, -0.25) is 0 Å². The molecule has 1 heterocycles. The van der Waals surface area contributed by atoms with E-state index in [1.165, 1.54) is 12.1 Å². The number of fused-ring (bicyclic) bond motifs is 1. The van der Waals surface area contributed by atoms with Gasteiger partial charge in [-0.05, 0) is 28.1 Å². The van der Waals surface area contributed by atoms with E-state index in [1.54, 1.807) is 0 Å². The highest BCUT2D eigenvalue weighted by atomic mass is 79.9. The Labute approximate surface area is 86.2 Å². The van der Waals surface area contributed by atoms with Crippen LogP contribution in [-0.2, 0) is 0 Å². The van der Waals surface area contributed by atoms with Crippen molar-refractivity contribution in [3.8, 4) is 5.75 Å². The van der Waals surface area contributed by atoms with Gasteiger partial charge in [-0.1, -0.05) is 0 Å². The smallest absolute Gasteiger partial charge is 0.415 e. The van der Waals surface area contributed by atoms with Crippen LogP contribution in [0.3, 0.4) is 0 Å². The summed E-state index contributed by atoms with van der Waals surface area (Å²) >= 11 is 2.84. The molecule has 1 aromatic carbocycles. The van der Waals surface area contributed by atoms with E-state index in [0.717, 1.165) is 0 Å². The molecular weight excluding hydrogens is 263 g/mol. The highest BCUT2D eigenvalue weighted by Crippen LogP contribution is 2.41. The van der Waals surface area contributed by atoms with Gasteiger partial charge in [-0.15, -0.1) is 0 Å². The summed E-state index contributed by atoms with van der Waals surface area (Å²) in [4.78, 5) is 0. The molecule has 2 rings (SSSR count). The van der Waals surface area contributed by atoms with Gasteiger partial charge in [0.15, 0.2) is 5.75 Å². The molecule has 0 saturated heterocycles. The highest BCUT2D eigenvalue weighted by molar-refractivity contribution is 9.10. The Kier molecular flexibility index (Phi) is 2.10. The minimum atomic E-state index is -3.30. The van der Waals surface area contributed by atoms with Crippen molar-refractivity contribution in [2.24, 2.45) is 0 Å². The summed E-state index contributed by atoms with van der Waals surface area (Å²) in [6.45, 7) is -0.613. The number of rotatable bonds is 0. The number of hydrogen-bond acceptors (Lipinski definition) is 2. The zero-order chi connectivity index (χ0) is 10.3. The molecule has 0 saturated carbocycles. The monoisotopic (exact) mass is 267 g/mol. The van der Waals surface area contributed by atoms with Crippen LogP contribution in [0.4, 0.5) is 18.9 Å². The average Bonchev–Trinajstić information content (AvgIpc) is 2.11. The maximum atomic E-state index is 13.0. The number of anilines is 1. The Morgan fingerprint density at radius 2 is 2.14 bits per heavy atom. The maximum Gasteiger partial charge on any atom is 0.415 e. The van der Waals surface area contributed by atoms with Crippen molar-refractivity contribution in [2.45, 2.75) is 6.11 Å². The molecular formula is C8H5BrF3NO. The molecule has 0 aromatic heterocycles. The molecule has 0 spiro atoms. The van der Waals surface area contributed by atoms with E-state index in [2.05, 4.69) is 26.0 Å². The van der Waals surface area contributed by atoms with Gasteiger partial charge in [0.05, 0.1) is 10.2 Å². The molecule has 14 heavy (non-hydrogen) atoms. The zero-order valence-electron chi connectivity index (χ0n) is 6.78. The van der Waals surface area contributed by atoms with Crippen LogP contribution >= 0.6 is 15.9 Å². The lowest BCUT2D eigenvalue weighted by atomic mass is 10.2. The molecule has 6 heteroatoms. The second kappa shape index (κ2) is 3.05. The van der Waals surface area contributed by atoms with Crippen LogP contribution in [0.15, 0.2) is 16.6 Å². The molecule has 76 valence electrons. The van der Waals surface area contributed by atoms with Gasteiger partial charge in [0.1, 0.15) is 12.4 Å². The summed E-state index contributed by atoms with van der Waals surface area (Å²) in [6, 6.07) is 2.52. The number of halogens is 4. The van der Waals surface area contributed by atoms with Crippen LogP contribution < -0.4 is 10.1 Å². The lowest BCUT2D eigenvalue weighted by molar-refractivity contribution is -0.167. The fourth-order valence-electron chi connectivity index (χ4n) is 1.15. The molecule has 1 aromatic rings. The molecule has 0 bridgehead atoms. The number of hydrogen-bond donors (Lipinski definition) is 1. The van der Waals surface area contributed by atoms with Crippen LogP contribution in [0.25, 0.3) is 0 Å². The van der Waals surface area contributed by atoms with Crippen molar-refractivity contribution < 1.29 is 17.9 Å². The van der Waals surface area contributed by atoms with Crippen molar-refractivity contribution in [1.29, 1.82) is 0 Å².